The maximum Gasteiger partial charge on any atom is 0.320 e. The number of piperazine rings is 1. The molecule has 1 unspecified atom stereocenters. The first-order chi connectivity index (χ1) is 9.90. The number of carbonyl (C=O) groups is 2. The predicted octanol–water partition coefficient (Wildman–Crippen LogP) is 1.26. The number of carboxylic acids is 1. The second-order valence-electron chi connectivity index (χ2n) is 5.08. The molecular formula is C14H18BrN3O3. The molecule has 0 saturated carbocycles. The van der Waals surface area contributed by atoms with Gasteiger partial charge in [-0.1, -0.05) is 0 Å². The summed E-state index contributed by atoms with van der Waals surface area (Å²) >= 11 is 3.30. The number of benzene rings is 1. The first kappa shape index (κ1) is 15.8. The number of hydrogen-bond donors (Lipinski definition) is 2. The summed E-state index contributed by atoms with van der Waals surface area (Å²) in [5.41, 5.74) is 6.87. The number of halogens is 1. The Morgan fingerprint density at radius 2 is 1.90 bits per heavy atom. The molecule has 6 nitrogen and oxygen atoms in total. The van der Waals surface area contributed by atoms with Gasteiger partial charge in [0.25, 0.3) is 5.91 Å². The van der Waals surface area contributed by atoms with Gasteiger partial charge in [0.2, 0.25) is 0 Å². The lowest BCUT2D eigenvalue weighted by molar-refractivity contribution is -0.143. The molecule has 1 amide bonds. The van der Waals surface area contributed by atoms with Gasteiger partial charge in [-0.05, 0) is 41.1 Å². The summed E-state index contributed by atoms with van der Waals surface area (Å²) < 4.78 is 0.763. The number of amides is 1. The van der Waals surface area contributed by atoms with E-state index in [2.05, 4.69) is 15.9 Å². The molecular weight excluding hydrogens is 338 g/mol. The third kappa shape index (κ3) is 3.54. The molecule has 1 aliphatic rings. The number of nitrogen functional groups attached to an aromatic ring is 1. The van der Waals surface area contributed by atoms with Crippen LogP contribution in [-0.4, -0.2) is 59.0 Å². The number of anilines is 1. The van der Waals surface area contributed by atoms with Crippen LogP contribution in [0.15, 0.2) is 22.7 Å². The smallest absolute Gasteiger partial charge is 0.320 e. The van der Waals surface area contributed by atoms with Crippen LogP contribution in [0.4, 0.5) is 5.69 Å². The monoisotopic (exact) mass is 355 g/mol. The van der Waals surface area contributed by atoms with Gasteiger partial charge in [0.05, 0.1) is 0 Å². The summed E-state index contributed by atoms with van der Waals surface area (Å²) in [5, 5.41) is 9.00. The van der Waals surface area contributed by atoms with Gasteiger partial charge in [0.1, 0.15) is 6.04 Å². The summed E-state index contributed by atoms with van der Waals surface area (Å²) in [6.45, 7) is 3.82. The normalized spacial score (nSPS) is 17.5. The van der Waals surface area contributed by atoms with Crippen molar-refractivity contribution < 1.29 is 14.7 Å². The minimum atomic E-state index is -0.838. The van der Waals surface area contributed by atoms with Crippen LogP contribution in [0.5, 0.6) is 0 Å². The zero-order valence-electron chi connectivity index (χ0n) is 11.8. The Hall–Kier alpha value is -1.60. The fraction of sp³-hybridized carbons (Fsp3) is 0.429. The van der Waals surface area contributed by atoms with E-state index in [0.717, 1.165) is 4.47 Å². The first-order valence-electron chi connectivity index (χ1n) is 6.71. The maximum atomic E-state index is 12.4. The molecule has 3 N–H and O–H groups in total. The van der Waals surface area contributed by atoms with Crippen molar-refractivity contribution in [1.29, 1.82) is 0 Å². The summed E-state index contributed by atoms with van der Waals surface area (Å²) in [6.07, 6.45) is 0. The highest BCUT2D eigenvalue weighted by Crippen LogP contribution is 2.21. The summed E-state index contributed by atoms with van der Waals surface area (Å²) in [4.78, 5) is 27.0. The van der Waals surface area contributed by atoms with Crippen LogP contribution in [0.25, 0.3) is 0 Å². The van der Waals surface area contributed by atoms with E-state index in [9.17, 15) is 9.59 Å². The van der Waals surface area contributed by atoms with E-state index >= 15 is 0 Å². The van der Waals surface area contributed by atoms with Crippen LogP contribution in [0.2, 0.25) is 0 Å². The second kappa shape index (κ2) is 6.44. The Morgan fingerprint density at radius 1 is 1.29 bits per heavy atom. The summed E-state index contributed by atoms with van der Waals surface area (Å²) in [7, 11) is 0. The topological polar surface area (TPSA) is 86.9 Å². The van der Waals surface area contributed by atoms with Crippen molar-refractivity contribution in [3.05, 3.63) is 28.2 Å². The molecule has 114 valence electrons. The fourth-order valence-electron chi connectivity index (χ4n) is 2.33. The number of nitrogens with zero attached hydrogens (tertiary/aromatic N) is 2. The third-order valence-corrected chi connectivity index (χ3v) is 4.47. The number of carbonyl (C=O) groups excluding carboxylic acids is 1. The average Bonchev–Trinajstić information content (AvgIpc) is 2.48. The van der Waals surface area contributed by atoms with Gasteiger partial charge in [-0.25, -0.2) is 0 Å². The molecule has 1 atom stereocenters. The van der Waals surface area contributed by atoms with Crippen LogP contribution in [0.1, 0.15) is 17.3 Å². The second-order valence-corrected chi connectivity index (χ2v) is 5.93. The first-order valence-corrected chi connectivity index (χ1v) is 7.50. The Morgan fingerprint density at radius 3 is 2.43 bits per heavy atom. The van der Waals surface area contributed by atoms with Gasteiger partial charge in [-0.15, -0.1) is 0 Å². The number of carboxylic acid groups (broad SMARTS) is 1. The molecule has 1 aromatic rings. The lowest BCUT2D eigenvalue weighted by Gasteiger charge is -2.36. The Bertz CT molecular complexity index is 556. The largest absolute Gasteiger partial charge is 0.480 e. The van der Waals surface area contributed by atoms with E-state index in [-0.39, 0.29) is 5.91 Å². The van der Waals surface area contributed by atoms with E-state index in [0.29, 0.717) is 37.4 Å². The molecule has 21 heavy (non-hydrogen) atoms. The highest BCUT2D eigenvalue weighted by molar-refractivity contribution is 9.10. The van der Waals surface area contributed by atoms with Crippen LogP contribution in [-0.2, 0) is 4.79 Å². The molecule has 1 saturated heterocycles. The van der Waals surface area contributed by atoms with E-state index in [4.69, 9.17) is 10.8 Å². The van der Waals surface area contributed by atoms with Crippen molar-refractivity contribution in [3.63, 3.8) is 0 Å². The molecule has 0 aromatic heterocycles. The van der Waals surface area contributed by atoms with Crippen LogP contribution in [0.3, 0.4) is 0 Å². The Labute approximate surface area is 131 Å². The van der Waals surface area contributed by atoms with Crippen molar-refractivity contribution in [3.8, 4) is 0 Å². The van der Waals surface area contributed by atoms with Crippen molar-refractivity contribution in [2.24, 2.45) is 0 Å². The average molecular weight is 356 g/mol. The molecule has 2 rings (SSSR count). The van der Waals surface area contributed by atoms with Crippen LogP contribution >= 0.6 is 15.9 Å². The van der Waals surface area contributed by atoms with Gasteiger partial charge in [-0.2, -0.15) is 0 Å². The quantitative estimate of drug-likeness (QED) is 0.797. The SMILES string of the molecule is CC(C(=O)O)N1CCN(C(=O)c2ccc(Br)c(N)c2)CC1. The minimum absolute atomic E-state index is 0.0724. The number of nitrogens with two attached hydrogens (primary N) is 1. The van der Waals surface area contributed by atoms with Crippen LogP contribution in [0, 0.1) is 0 Å². The van der Waals surface area contributed by atoms with Crippen molar-refractivity contribution in [1.82, 2.24) is 9.80 Å². The van der Waals surface area contributed by atoms with E-state index in [1.165, 1.54) is 0 Å². The molecule has 7 heteroatoms. The number of rotatable bonds is 3. The third-order valence-electron chi connectivity index (χ3n) is 3.75. The minimum Gasteiger partial charge on any atom is -0.480 e. The molecule has 1 aliphatic heterocycles. The van der Waals surface area contributed by atoms with Gasteiger partial charge >= 0.3 is 5.97 Å². The molecule has 0 radical (unpaired) electrons. The van der Waals surface area contributed by atoms with Crippen molar-refractivity contribution in [2.75, 3.05) is 31.9 Å². The summed E-state index contributed by atoms with van der Waals surface area (Å²) in [6, 6.07) is 4.62. The molecule has 1 aromatic carbocycles. The molecule has 1 fully saturated rings. The fourth-order valence-corrected chi connectivity index (χ4v) is 2.57. The van der Waals surface area contributed by atoms with E-state index in [1.54, 1.807) is 30.0 Å². The highest BCUT2D eigenvalue weighted by Gasteiger charge is 2.27. The van der Waals surface area contributed by atoms with Crippen molar-refractivity contribution in [2.45, 2.75) is 13.0 Å². The van der Waals surface area contributed by atoms with Gasteiger partial charge < -0.3 is 15.7 Å². The Balaban J connectivity index is 2.00. The summed E-state index contributed by atoms with van der Waals surface area (Å²) in [5.74, 6) is -0.910. The Kier molecular flexibility index (Phi) is 4.84. The maximum absolute atomic E-state index is 12.4. The highest BCUT2D eigenvalue weighted by atomic mass is 79.9. The predicted molar refractivity (Wildman–Crippen MR) is 83.1 cm³/mol. The molecule has 1 heterocycles. The van der Waals surface area contributed by atoms with Gasteiger partial charge in [-0.3, -0.25) is 14.5 Å². The zero-order chi connectivity index (χ0) is 15.6. The lowest BCUT2D eigenvalue weighted by Crippen LogP contribution is -2.53. The standard InChI is InChI=1S/C14H18BrN3O3/c1-9(14(20)21)17-4-6-18(7-5-17)13(19)10-2-3-11(15)12(16)8-10/h2-3,8-9H,4-7,16H2,1H3,(H,20,21). The number of hydrogen-bond acceptors (Lipinski definition) is 4. The number of aliphatic carboxylic acids is 1. The van der Waals surface area contributed by atoms with Gasteiger partial charge in [0, 0.05) is 41.9 Å². The molecule has 0 bridgehead atoms. The van der Waals surface area contributed by atoms with Crippen molar-refractivity contribution >= 4 is 33.5 Å². The molecule has 0 spiro atoms. The molecule has 0 aliphatic carbocycles. The van der Waals surface area contributed by atoms with E-state index in [1.807, 2.05) is 4.90 Å². The lowest BCUT2D eigenvalue weighted by atomic mass is 10.1. The van der Waals surface area contributed by atoms with Gasteiger partial charge in [0.15, 0.2) is 0 Å². The van der Waals surface area contributed by atoms with E-state index < -0.39 is 12.0 Å². The van der Waals surface area contributed by atoms with Crippen LogP contribution < -0.4 is 5.73 Å². The zero-order valence-corrected chi connectivity index (χ0v) is 13.3.